The monoisotopic (exact) mass is 408 g/mol. The van der Waals surface area contributed by atoms with Crippen LogP contribution in [-0.4, -0.2) is 69.1 Å². The Morgan fingerprint density at radius 3 is 2.11 bits per heavy atom. The zero-order valence-corrected chi connectivity index (χ0v) is 17.4. The molecule has 0 aromatic heterocycles. The van der Waals surface area contributed by atoms with Gasteiger partial charge >= 0.3 is 0 Å². The van der Waals surface area contributed by atoms with Gasteiger partial charge < -0.3 is 20.0 Å². The number of anilines is 1. The molecule has 2 fully saturated rings. The molecule has 2 saturated heterocycles. The number of hydrogen-bond acceptors (Lipinski definition) is 2. The quantitative estimate of drug-likeness (QED) is 0.635. The number of amides is 2. The lowest BCUT2D eigenvalue weighted by molar-refractivity contribution is -1.00. The minimum absolute atomic E-state index is 0.0109. The Morgan fingerprint density at radius 1 is 0.893 bits per heavy atom. The molecular weight excluding hydrogens is 376 g/mol. The second-order valence-electron chi connectivity index (χ2n) is 8.03. The Kier molecular flexibility index (Phi) is 8.13. The van der Waals surface area contributed by atoms with Gasteiger partial charge in [-0.15, -0.1) is 0 Å². The predicted octanol–water partition coefficient (Wildman–Crippen LogP) is -0.145. The standard InChI is InChI=1S/C21H31ClN4O2/c22-18-8-4-5-9-19(18)23-20(27)16-24-12-14-25(15-13-24)17-21(28)26-10-6-2-1-3-7-11-26/h4-5,8-9H,1-3,6-7,10-17H2,(H,23,27)/p+2. The summed E-state index contributed by atoms with van der Waals surface area (Å²) in [5.74, 6) is 0.292. The summed E-state index contributed by atoms with van der Waals surface area (Å²) in [4.78, 5) is 29.6. The molecule has 2 aliphatic heterocycles. The van der Waals surface area contributed by atoms with Crippen LogP contribution in [0, 0.1) is 0 Å². The first kappa shape index (κ1) is 21.1. The molecule has 0 saturated carbocycles. The van der Waals surface area contributed by atoms with E-state index in [-0.39, 0.29) is 5.91 Å². The normalized spacial score (nSPS) is 23.5. The highest BCUT2D eigenvalue weighted by molar-refractivity contribution is 6.33. The summed E-state index contributed by atoms with van der Waals surface area (Å²) in [6.07, 6.45) is 6.07. The van der Waals surface area contributed by atoms with Crippen molar-refractivity contribution in [3.05, 3.63) is 29.3 Å². The molecule has 0 spiro atoms. The van der Waals surface area contributed by atoms with Crippen molar-refractivity contribution in [3.63, 3.8) is 0 Å². The minimum Gasteiger partial charge on any atom is -0.338 e. The number of hydrogen-bond donors (Lipinski definition) is 3. The maximum atomic E-state index is 12.6. The lowest BCUT2D eigenvalue weighted by Gasteiger charge is -2.31. The number of piperazine rings is 1. The molecule has 1 aromatic carbocycles. The maximum absolute atomic E-state index is 12.6. The Balaban J connectivity index is 1.38. The van der Waals surface area contributed by atoms with Gasteiger partial charge in [-0.1, -0.05) is 43.0 Å². The highest BCUT2D eigenvalue weighted by atomic mass is 35.5. The summed E-state index contributed by atoms with van der Waals surface area (Å²) in [7, 11) is 0. The minimum atomic E-state index is -0.0109. The van der Waals surface area contributed by atoms with E-state index < -0.39 is 0 Å². The number of para-hydroxylation sites is 1. The van der Waals surface area contributed by atoms with E-state index in [2.05, 4.69) is 10.2 Å². The molecule has 2 heterocycles. The second-order valence-corrected chi connectivity index (χ2v) is 8.44. The SMILES string of the molecule is O=C(C[NH+]1CC[NH+](CC(=O)N2CCCCCCC2)CC1)Nc1ccccc1Cl. The van der Waals surface area contributed by atoms with Crippen LogP contribution in [0.5, 0.6) is 0 Å². The van der Waals surface area contributed by atoms with Gasteiger partial charge in [0.1, 0.15) is 26.2 Å². The lowest BCUT2D eigenvalue weighted by Crippen LogP contribution is -3.28. The van der Waals surface area contributed by atoms with Gasteiger partial charge in [-0.25, -0.2) is 0 Å². The van der Waals surface area contributed by atoms with Crippen molar-refractivity contribution in [2.75, 3.05) is 57.7 Å². The molecule has 3 N–H and O–H groups in total. The summed E-state index contributed by atoms with van der Waals surface area (Å²) in [5, 5.41) is 3.45. The third-order valence-corrected chi connectivity index (χ3v) is 6.16. The van der Waals surface area contributed by atoms with Crippen molar-refractivity contribution in [2.24, 2.45) is 0 Å². The van der Waals surface area contributed by atoms with Crippen LogP contribution in [0.3, 0.4) is 0 Å². The van der Waals surface area contributed by atoms with Crippen LogP contribution >= 0.6 is 11.6 Å². The summed E-state index contributed by atoms with van der Waals surface area (Å²) < 4.78 is 0. The van der Waals surface area contributed by atoms with Crippen molar-refractivity contribution in [3.8, 4) is 0 Å². The zero-order valence-electron chi connectivity index (χ0n) is 16.6. The fourth-order valence-corrected chi connectivity index (χ4v) is 4.30. The van der Waals surface area contributed by atoms with E-state index in [1.807, 2.05) is 18.2 Å². The molecular formula is C21H33ClN4O2+2. The third kappa shape index (κ3) is 6.47. The first-order valence-corrected chi connectivity index (χ1v) is 11.0. The van der Waals surface area contributed by atoms with Crippen LogP contribution in [0.25, 0.3) is 0 Å². The summed E-state index contributed by atoms with van der Waals surface area (Å²) in [6, 6.07) is 7.29. The third-order valence-electron chi connectivity index (χ3n) is 5.83. The Bertz CT molecular complexity index is 654. The van der Waals surface area contributed by atoms with Gasteiger partial charge in [0, 0.05) is 13.1 Å². The number of benzene rings is 1. The van der Waals surface area contributed by atoms with Crippen molar-refractivity contribution < 1.29 is 19.4 Å². The molecule has 0 aliphatic carbocycles. The number of quaternary nitrogens is 2. The number of carbonyl (C=O) groups is 2. The van der Waals surface area contributed by atoms with Crippen LogP contribution in [0.4, 0.5) is 5.69 Å². The molecule has 154 valence electrons. The van der Waals surface area contributed by atoms with Crippen molar-refractivity contribution in [1.29, 1.82) is 0 Å². The van der Waals surface area contributed by atoms with Crippen molar-refractivity contribution in [1.82, 2.24) is 4.90 Å². The molecule has 6 nitrogen and oxygen atoms in total. The van der Waals surface area contributed by atoms with Gasteiger partial charge in [0.05, 0.1) is 10.7 Å². The molecule has 2 aliphatic rings. The Labute approximate surface area is 172 Å². The predicted molar refractivity (Wildman–Crippen MR) is 111 cm³/mol. The van der Waals surface area contributed by atoms with Gasteiger partial charge in [-0.2, -0.15) is 0 Å². The number of rotatable bonds is 5. The van der Waals surface area contributed by atoms with Crippen LogP contribution < -0.4 is 15.1 Å². The topological polar surface area (TPSA) is 58.3 Å². The molecule has 7 heteroatoms. The largest absolute Gasteiger partial charge is 0.338 e. The Morgan fingerprint density at radius 2 is 1.46 bits per heavy atom. The number of halogens is 1. The summed E-state index contributed by atoms with van der Waals surface area (Å²) >= 11 is 6.10. The van der Waals surface area contributed by atoms with Crippen LogP contribution in [-0.2, 0) is 9.59 Å². The average molecular weight is 409 g/mol. The Hall–Kier alpha value is -1.63. The molecule has 0 atom stereocenters. The average Bonchev–Trinajstić information content (AvgIpc) is 2.65. The lowest BCUT2D eigenvalue weighted by atomic mass is 10.1. The first-order valence-electron chi connectivity index (χ1n) is 10.6. The van der Waals surface area contributed by atoms with E-state index in [0.717, 1.165) is 52.1 Å². The van der Waals surface area contributed by atoms with E-state index in [4.69, 9.17) is 11.6 Å². The van der Waals surface area contributed by atoms with Gasteiger partial charge in [-0.05, 0) is 25.0 Å². The molecule has 0 unspecified atom stereocenters. The molecule has 2 amide bonds. The van der Waals surface area contributed by atoms with E-state index in [1.54, 1.807) is 6.07 Å². The van der Waals surface area contributed by atoms with E-state index in [9.17, 15) is 9.59 Å². The molecule has 0 bridgehead atoms. The number of nitrogens with one attached hydrogen (secondary N) is 3. The van der Waals surface area contributed by atoms with Crippen LogP contribution in [0.15, 0.2) is 24.3 Å². The van der Waals surface area contributed by atoms with Crippen LogP contribution in [0.2, 0.25) is 5.02 Å². The number of likely N-dealkylation sites (tertiary alicyclic amines) is 1. The number of nitrogens with zero attached hydrogens (tertiary/aromatic N) is 1. The van der Waals surface area contributed by atoms with Gasteiger partial charge in [-0.3, -0.25) is 9.59 Å². The molecule has 28 heavy (non-hydrogen) atoms. The van der Waals surface area contributed by atoms with Crippen LogP contribution in [0.1, 0.15) is 32.1 Å². The highest BCUT2D eigenvalue weighted by Crippen LogP contribution is 2.19. The summed E-state index contributed by atoms with van der Waals surface area (Å²) in [6.45, 7) is 6.59. The van der Waals surface area contributed by atoms with Crippen molar-refractivity contribution >= 4 is 29.1 Å². The molecule has 3 rings (SSSR count). The smallest absolute Gasteiger partial charge is 0.279 e. The van der Waals surface area contributed by atoms with E-state index in [1.165, 1.54) is 29.1 Å². The van der Waals surface area contributed by atoms with Gasteiger partial charge in [0.15, 0.2) is 13.1 Å². The number of carbonyl (C=O) groups excluding carboxylic acids is 2. The van der Waals surface area contributed by atoms with Gasteiger partial charge in [0.25, 0.3) is 11.8 Å². The second kappa shape index (κ2) is 10.8. The summed E-state index contributed by atoms with van der Waals surface area (Å²) in [5.41, 5.74) is 0.664. The van der Waals surface area contributed by atoms with E-state index in [0.29, 0.717) is 29.7 Å². The maximum Gasteiger partial charge on any atom is 0.279 e. The van der Waals surface area contributed by atoms with Gasteiger partial charge in [0.2, 0.25) is 0 Å². The zero-order chi connectivity index (χ0) is 19.8. The fourth-order valence-electron chi connectivity index (χ4n) is 4.12. The molecule has 0 radical (unpaired) electrons. The molecule has 1 aromatic rings. The van der Waals surface area contributed by atoms with E-state index >= 15 is 0 Å². The van der Waals surface area contributed by atoms with Crippen molar-refractivity contribution in [2.45, 2.75) is 32.1 Å². The first-order chi connectivity index (χ1) is 13.6. The fraction of sp³-hybridized carbons (Fsp3) is 0.619. The highest BCUT2D eigenvalue weighted by Gasteiger charge is 2.28.